The molecule has 0 aliphatic carbocycles. The molecular weight excluding hydrogens is 462 g/mol. The number of carbonyl (C=O) groups excluding carboxylic acids is 1. The van der Waals surface area contributed by atoms with E-state index < -0.39 is 28.0 Å². The number of nitrogens with one attached hydrogen (secondary N) is 1. The molecule has 7 heteroatoms. The van der Waals surface area contributed by atoms with Crippen molar-refractivity contribution in [3.63, 3.8) is 0 Å². The highest BCUT2D eigenvalue weighted by Gasteiger charge is 2.26. The van der Waals surface area contributed by atoms with Gasteiger partial charge in [0.05, 0.1) is 17.9 Å². The Labute approximate surface area is 217 Å². The molecule has 0 bridgehead atoms. The van der Waals surface area contributed by atoms with Crippen molar-refractivity contribution in [2.75, 3.05) is 5.75 Å². The molecule has 0 aliphatic heterocycles. The molecule has 0 spiro atoms. The van der Waals surface area contributed by atoms with Gasteiger partial charge in [-0.05, 0) is 12.8 Å². The van der Waals surface area contributed by atoms with Crippen molar-refractivity contribution in [1.82, 2.24) is 5.32 Å². The molecular formula is C28H57NO5S. The Morgan fingerprint density at radius 2 is 1.03 bits per heavy atom. The minimum absolute atomic E-state index is 0.249. The highest BCUT2D eigenvalue weighted by atomic mass is 32.2. The maximum atomic E-state index is 12.3. The van der Waals surface area contributed by atoms with Gasteiger partial charge in [-0.3, -0.25) is 9.35 Å². The number of hydrogen-bond acceptors (Lipinski definition) is 4. The lowest BCUT2D eigenvalue weighted by Gasteiger charge is -2.23. The Kier molecular flexibility index (Phi) is 23.3. The summed E-state index contributed by atoms with van der Waals surface area (Å²) in [6, 6.07) is -0.959. The molecule has 0 saturated carbocycles. The SMILES string of the molecule is CCCCCCCCCCCCCCC(=O)NC(CS(=O)(=O)O)C(O)CCCCCCCCCC. The first-order chi connectivity index (χ1) is 16.8. The summed E-state index contributed by atoms with van der Waals surface area (Å²) in [5.41, 5.74) is 0. The van der Waals surface area contributed by atoms with Crippen molar-refractivity contribution in [3.8, 4) is 0 Å². The Balaban J connectivity index is 4.00. The van der Waals surface area contributed by atoms with Crippen LogP contribution in [0.1, 0.15) is 155 Å². The van der Waals surface area contributed by atoms with Crippen molar-refractivity contribution in [2.24, 2.45) is 0 Å². The summed E-state index contributed by atoms with van der Waals surface area (Å²) >= 11 is 0. The first kappa shape index (κ1) is 34.3. The molecule has 0 heterocycles. The van der Waals surface area contributed by atoms with E-state index in [0.717, 1.165) is 38.5 Å². The van der Waals surface area contributed by atoms with E-state index in [9.17, 15) is 22.9 Å². The Morgan fingerprint density at radius 3 is 1.43 bits per heavy atom. The van der Waals surface area contributed by atoms with Crippen molar-refractivity contribution in [2.45, 2.75) is 167 Å². The van der Waals surface area contributed by atoms with Crippen LogP contribution in [0.3, 0.4) is 0 Å². The molecule has 0 aromatic carbocycles. The number of rotatable bonds is 26. The fraction of sp³-hybridized carbons (Fsp3) is 0.964. The van der Waals surface area contributed by atoms with Crippen molar-refractivity contribution in [3.05, 3.63) is 0 Å². The minimum Gasteiger partial charge on any atom is -0.391 e. The molecule has 2 unspecified atom stereocenters. The predicted molar refractivity (Wildman–Crippen MR) is 147 cm³/mol. The van der Waals surface area contributed by atoms with E-state index in [1.54, 1.807) is 0 Å². The van der Waals surface area contributed by atoms with Crippen molar-refractivity contribution < 1.29 is 22.9 Å². The average Bonchev–Trinajstić information content (AvgIpc) is 2.80. The third kappa shape index (κ3) is 24.8. The van der Waals surface area contributed by atoms with Crippen LogP contribution in [0.5, 0.6) is 0 Å². The topological polar surface area (TPSA) is 104 Å². The Bertz CT molecular complexity index is 582. The van der Waals surface area contributed by atoms with E-state index in [-0.39, 0.29) is 5.91 Å². The molecule has 210 valence electrons. The lowest BCUT2D eigenvalue weighted by Crippen LogP contribution is -2.47. The molecule has 0 aromatic rings. The van der Waals surface area contributed by atoms with Gasteiger partial charge in [0.15, 0.2) is 0 Å². The third-order valence-corrected chi connectivity index (χ3v) is 7.59. The zero-order valence-electron chi connectivity index (χ0n) is 22.9. The van der Waals surface area contributed by atoms with Crippen LogP contribution in [0.25, 0.3) is 0 Å². The van der Waals surface area contributed by atoms with E-state index in [1.807, 2.05) is 0 Å². The summed E-state index contributed by atoms with van der Waals surface area (Å²) < 4.78 is 32.1. The summed E-state index contributed by atoms with van der Waals surface area (Å²) in [5, 5.41) is 13.1. The van der Waals surface area contributed by atoms with Gasteiger partial charge in [0.1, 0.15) is 0 Å². The van der Waals surface area contributed by atoms with Crippen LogP contribution in [-0.2, 0) is 14.9 Å². The number of aliphatic hydroxyl groups is 1. The van der Waals surface area contributed by atoms with E-state index in [0.29, 0.717) is 12.8 Å². The van der Waals surface area contributed by atoms with E-state index in [2.05, 4.69) is 19.2 Å². The van der Waals surface area contributed by atoms with Gasteiger partial charge >= 0.3 is 0 Å². The molecule has 0 radical (unpaired) electrons. The highest BCUT2D eigenvalue weighted by Crippen LogP contribution is 2.14. The van der Waals surface area contributed by atoms with Crippen molar-refractivity contribution in [1.29, 1.82) is 0 Å². The number of hydrogen-bond donors (Lipinski definition) is 3. The van der Waals surface area contributed by atoms with Crippen LogP contribution in [0.15, 0.2) is 0 Å². The zero-order chi connectivity index (χ0) is 26.2. The minimum atomic E-state index is -4.28. The van der Waals surface area contributed by atoms with Gasteiger partial charge < -0.3 is 10.4 Å². The summed E-state index contributed by atoms with van der Waals surface area (Å²) in [7, 11) is -4.28. The second-order valence-corrected chi connectivity index (χ2v) is 11.9. The molecule has 0 aromatic heterocycles. The number of carbonyl (C=O) groups is 1. The smallest absolute Gasteiger partial charge is 0.266 e. The van der Waals surface area contributed by atoms with Gasteiger partial charge in [-0.1, -0.05) is 136 Å². The maximum absolute atomic E-state index is 12.3. The third-order valence-electron chi connectivity index (χ3n) is 6.81. The summed E-state index contributed by atoms with van der Waals surface area (Å²) in [4.78, 5) is 12.3. The molecule has 1 amide bonds. The second kappa shape index (κ2) is 23.7. The molecule has 6 nitrogen and oxygen atoms in total. The molecule has 0 aliphatic rings. The van der Waals surface area contributed by atoms with Gasteiger partial charge in [0, 0.05) is 6.42 Å². The van der Waals surface area contributed by atoms with Crippen molar-refractivity contribution >= 4 is 16.0 Å². The second-order valence-electron chi connectivity index (χ2n) is 10.4. The summed E-state index contributed by atoms with van der Waals surface area (Å²) in [6.07, 6.45) is 23.4. The van der Waals surface area contributed by atoms with Crippen LogP contribution >= 0.6 is 0 Å². The average molecular weight is 520 g/mol. The van der Waals surface area contributed by atoms with Crippen LogP contribution in [0.2, 0.25) is 0 Å². The highest BCUT2D eigenvalue weighted by molar-refractivity contribution is 7.85. The van der Waals surface area contributed by atoms with Gasteiger partial charge in [0.2, 0.25) is 5.91 Å². The quantitative estimate of drug-likeness (QED) is 0.0819. The molecule has 0 saturated heterocycles. The molecule has 2 atom stereocenters. The Morgan fingerprint density at radius 1 is 0.657 bits per heavy atom. The van der Waals surface area contributed by atoms with Gasteiger partial charge in [-0.25, -0.2) is 0 Å². The van der Waals surface area contributed by atoms with Gasteiger partial charge in [0.25, 0.3) is 10.1 Å². The van der Waals surface area contributed by atoms with Crippen LogP contribution < -0.4 is 5.32 Å². The van der Waals surface area contributed by atoms with E-state index in [1.165, 1.54) is 89.9 Å². The number of amides is 1. The predicted octanol–water partition coefficient (Wildman–Crippen LogP) is 7.34. The largest absolute Gasteiger partial charge is 0.391 e. The number of unbranched alkanes of at least 4 members (excludes halogenated alkanes) is 18. The van der Waals surface area contributed by atoms with Crippen LogP contribution in [-0.4, -0.2) is 41.9 Å². The molecule has 35 heavy (non-hydrogen) atoms. The van der Waals surface area contributed by atoms with Crippen LogP contribution in [0.4, 0.5) is 0 Å². The van der Waals surface area contributed by atoms with E-state index in [4.69, 9.17) is 0 Å². The van der Waals surface area contributed by atoms with Gasteiger partial charge in [-0.15, -0.1) is 0 Å². The maximum Gasteiger partial charge on any atom is 0.266 e. The summed E-state index contributed by atoms with van der Waals surface area (Å²) in [5.74, 6) is -0.893. The molecule has 0 fully saturated rings. The molecule has 0 rings (SSSR count). The van der Waals surface area contributed by atoms with Crippen LogP contribution in [0, 0.1) is 0 Å². The normalized spacial score (nSPS) is 13.6. The fourth-order valence-corrected chi connectivity index (χ4v) is 5.33. The summed E-state index contributed by atoms with van der Waals surface area (Å²) in [6.45, 7) is 4.44. The van der Waals surface area contributed by atoms with E-state index >= 15 is 0 Å². The van der Waals surface area contributed by atoms with Gasteiger partial charge in [-0.2, -0.15) is 8.42 Å². The molecule has 3 N–H and O–H groups in total. The first-order valence-corrected chi connectivity index (χ1v) is 16.3. The monoisotopic (exact) mass is 519 g/mol. The lowest BCUT2D eigenvalue weighted by molar-refractivity contribution is -0.122. The lowest BCUT2D eigenvalue weighted by atomic mass is 10.0. The number of aliphatic hydroxyl groups excluding tert-OH is 1. The fourth-order valence-electron chi connectivity index (χ4n) is 4.57. The standard InChI is InChI=1S/C28H57NO5S/c1-3-5-7-9-11-13-14-15-16-18-20-22-24-28(31)29-26(25-35(32,33)34)27(30)23-21-19-17-12-10-8-6-4-2/h26-27,30H,3-25H2,1-2H3,(H,29,31)(H,32,33,34). The Hall–Kier alpha value is -0.660. The zero-order valence-corrected chi connectivity index (χ0v) is 23.8. The first-order valence-electron chi connectivity index (χ1n) is 14.7.